The highest BCUT2D eigenvalue weighted by atomic mass is 35.5. The standard InChI is InChI=1S/C16H15ClN2OS/c17-13-6-4-12(5-7-13)16-19(15(20)11-21-16)10-8-14-3-1-2-9-18-14/h1-7,9,16H,8,10-11H2/t16-/m0/s1. The molecule has 2 heterocycles. The van der Waals surface area contributed by atoms with Gasteiger partial charge in [0.05, 0.1) is 5.75 Å². The molecule has 1 amide bonds. The van der Waals surface area contributed by atoms with Gasteiger partial charge in [0.25, 0.3) is 0 Å². The maximum absolute atomic E-state index is 12.1. The SMILES string of the molecule is O=C1CS[C@@H](c2ccc(Cl)cc2)N1CCc1ccccn1. The van der Waals surface area contributed by atoms with Gasteiger partial charge in [-0.25, -0.2) is 0 Å². The molecule has 1 fully saturated rings. The topological polar surface area (TPSA) is 33.2 Å². The minimum atomic E-state index is 0.0819. The lowest BCUT2D eigenvalue weighted by Crippen LogP contribution is -2.30. The van der Waals surface area contributed by atoms with Gasteiger partial charge in [-0.05, 0) is 29.8 Å². The van der Waals surface area contributed by atoms with Crippen LogP contribution in [0.5, 0.6) is 0 Å². The third-order valence-electron chi connectivity index (χ3n) is 3.46. The van der Waals surface area contributed by atoms with E-state index in [2.05, 4.69) is 4.98 Å². The van der Waals surface area contributed by atoms with Crippen LogP contribution in [-0.4, -0.2) is 28.1 Å². The van der Waals surface area contributed by atoms with Crippen LogP contribution in [0.4, 0.5) is 0 Å². The number of amides is 1. The normalized spacial score (nSPS) is 18.2. The molecular weight excluding hydrogens is 304 g/mol. The summed E-state index contributed by atoms with van der Waals surface area (Å²) in [6, 6.07) is 13.6. The molecule has 1 saturated heterocycles. The van der Waals surface area contributed by atoms with E-state index in [-0.39, 0.29) is 11.3 Å². The van der Waals surface area contributed by atoms with Gasteiger partial charge in [0.1, 0.15) is 5.37 Å². The molecule has 2 aromatic rings. The maximum atomic E-state index is 12.1. The van der Waals surface area contributed by atoms with Crippen LogP contribution in [-0.2, 0) is 11.2 Å². The predicted molar refractivity (Wildman–Crippen MR) is 86.3 cm³/mol. The van der Waals surface area contributed by atoms with E-state index < -0.39 is 0 Å². The van der Waals surface area contributed by atoms with Crippen molar-refractivity contribution in [2.75, 3.05) is 12.3 Å². The molecule has 1 aliphatic heterocycles. The van der Waals surface area contributed by atoms with Crippen LogP contribution in [0.2, 0.25) is 5.02 Å². The second kappa shape index (κ2) is 6.50. The fourth-order valence-electron chi connectivity index (χ4n) is 2.38. The number of carbonyl (C=O) groups is 1. The van der Waals surface area contributed by atoms with Gasteiger partial charge in [-0.3, -0.25) is 9.78 Å². The summed E-state index contributed by atoms with van der Waals surface area (Å²) in [7, 11) is 0. The number of nitrogens with zero attached hydrogens (tertiary/aromatic N) is 2. The first kappa shape index (κ1) is 14.4. The monoisotopic (exact) mass is 318 g/mol. The Kier molecular flexibility index (Phi) is 4.46. The van der Waals surface area contributed by atoms with Gasteiger partial charge in [0, 0.05) is 29.9 Å². The summed E-state index contributed by atoms with van der Waals surface area (Å²) in [5.74, 6) is 0.728. The van der Waals surface area contributed by atoms with E-state index in [1.807, 2.05) is 47.4 Å². The summed E-state index contributed by atoms with van der Waals surface area (Å²) in [6.07, 6.45) is 2.56. The zero-order valence-electron chi connectivity index (χ0n) is 11.4. The number of hydrogen-bond acceptors (Lipinski definition) is 3. The summed E-state index contributed by atoms with van der Waals surface area (Å²) in [5, 5.41) is 0.798. The Balaban J connectivity index is 1.72. The van der Waals surface area contributed by atoms with Gasteiger partial charge in [-0.2, -0.15) is 0 Å². The van der Waals surface area contributed by atoms with Crippen LogP contribution in [0.3, 0.4) is 0 Å². The average Bonchev–Trinajstić information content (AvgIpc) is 2.88. The van der Waals surface area contributed by atoms with Gasteiger partial charge in [-0.1, -0.05) is 29.8 Å². The molecule has 0 radical (unpaired) electrons. The maximum Gasteiger partial charge on any atom is 0.233 e. The Morgan fingerprint density at radius 2 is 2.05 bits per heavy atom. The number of halogens is 1. The van der Waals surface area contributed by atoms with Crippen molar-refractivity contribution in [3.8, 4) is 0 Å². The van der Waals surface area contributed by atoms with Crippen molar-refractivity contribution in [1.29, 1.82) is 0 Å². The highest BCUT2D eigenvalue weighted by molar-refractivity contribution is 8.00. The minimum absolute atomic E-state index is 0.0819. The van der Waals surface area contributed by atoms with Crippen LogP contribution in [0.1, 0.15) is 16.6 Å². The van der Waals surface area contributed by atoms with E-state index in [0.29, 0.717) is 17.3 Å². The van der Waals surface area contributed by atoms with Gasteiger partial charge in [0.15, 0.2) is 0 Å². The smallest absolute Gasteiger partial charge is 0.233 e. The molecule has 5 heteroatoms. The predicted octanol–water partition coefficient (Wildman–Crippen LogP) is 3.55. The molecular formula is C16H15ClN2OS. The summed E-state index contributed by atoms with van der Waals surface area (Å²) in [5.41, 5.74) is 2.13. The van der Waals surface area contributed by atoms with Gasteiger partial charge in [0.2, 0.25) is 5.91 Å². The Hall–Kier alpha value is -1.52. The summed E-state index contributed by atoms with van der Waals surface area (Å²) < 4.78 is 0. The van der Waals surface area contributed by atoms with E-state index >= 15 is 0 Å². The molecule has 21 heavy (non-hydrogen) atoms. The quantitative estimate of drug-likeness (QED) is 0.864. The van der Waals surface area contributed by atoms with Gasteiger partial charge < -0.3 is 4.90 Å². The molecule has 0 N–H and O–H groups in total. The molecule has 0 saturated carbocycles. The number of aromatic nitrogens is 1. The Morgan fingerprint density at radius 1 is 1.24 bits per heavy atom. The second-order valence-electron chi connectivity index (χ2n) is 4.87. The molecule has 3 nitrogen and oxygen atoms in total. The van der Waals surface area contributed by atoms with Crippen molar-refractivity contribution in [3.05, 3.63) is 64.9 Å². The molecule has 1 aliphatic rings. The van der Waals surface area contributed by atoms with Crippen molar-refractivity contribution in [1.82, 2.24) is 9.88 Å². The third kappa shape index (κ3) is 3.39. The number of hydrogen-bond donors (Lipinski definition) is 0. The van der Waals surface area contributed by atoms with Crippen LogP contribution >= 0.6 is 23.4 Å². The fourth-order valence-corrected chi connectivity index (χ4v) is 3.73. The Labute approximate surface area is 133 Å². The van der Waals surface area contributed by atoms with Crippen molar-refractivity contribution >= 4 is 29.3 Å². The summed E-state index contributed by atoms with van der Waals surface area (Å²) in [6.45, 7) is 0.691. The molecule has 108 valence electrons. The third-order valence-corrected chi connectivity index (χ3v) is 4.97. The van der Waals surface area contributed by atoms with E-state index in [9.17, 15) is 4.79 Å². The summed E-state index contributed by atoms with van der Waals surface area (Å²) >= 11 is 7.59. The first-order valence-electron chi connectivity index (χ1n) is 6.80. The Bertz CT molecular complexity index is 618. The molecule has 0 bridgehead atoms. The molecule has 1 atom stereocenters. The van der Waals surface area contributed by atoms with Crippen molar-refractivity contribution in [2.24, 2.45) is 0 Å². The van der Waals surface area contributed by atoms with Gasteiger partial charge in [-0.15, -0.1) is 11.8 Å². The number of thioether (sulfide) groups is 1. The Morgan fingerprint density at radius 3 is 2.76 bits per heavy atom. The molecule has 3 rings (SSSR count). The van der Waals surface area contributed by atoms with Crippen LogP contribution < -0.4 is 0 Å². The largest absolute Gasteiger partial charge is 0.325 e. The zero-order valence-corrected chi connectivity index (χ0v) is 13.0. The fraction of sp³-hybridized carbons (Fsp3) is 0.250. The first-order valence-corrected chi connectivity index (χ1v) is 8.23. The van der Waals surface area contributed by atoms with Crippen molar-refractivity contribution in [3.63, 3.8) is 0 Å². The lowest BCUT2D eigenvalue weighted by Gasteiger charge is -2.24. The number of rotatable bonds is 4. The second-order valence-corrected chi connectivity index (χ2v) is 6.38. The van der Waals surface area contributed by atoms with Crippen LogP contribution in [0, 0.1) is 0 Å². The molecule has 1 aromatic carbocycles. The number of pyridine rings is 1. The van der Waals surface area contributed by atoms with E-state index in [4.69, 9.17) is 11.6 Å². The number of benzene rings is 1. The van der Waals surface area contributed by atoms with Crippen LogP contribution in [0.15, 0.2) is 48.7 Å². The highest BCUT2D eigenvalue weighted by Crippen LogP contribution is 2.38. The zero-order chi connectivity index (χ0) is 14.7. The molecule has 0 aliphatic carbocycles. The number of carbonyl (C=O) groups excluding carboxylic acids is 1. The van der Waals surface area contributed by atoms with Crippen molar-refractivity contribution < 1.29 is 4.79 Å². The van der Waals surface area contributed by atoms with Crippen molar-refractivity contribution in [2.45, 2.75) is 11.8 Å². The highest BCUT2D eigenvalue weighted by Gasteiger charge is 2.32. The lowest BCUT2D eigenvalue weighted by atomic mass is 10.2. The van der Waals surface area contributed by atoms with E-state index in [0.717, 1.165) is 17.7 Å². The van der Waals surface area contributed by atoms with Gasteiger partial charge >= 0.3 is 0 Å². The first-order chi connectivity index (χ1) is 10.2. The van der Waals surface area contributed by atoms with E-state index in [1.165, 1.54) is 0 Å². The molecule has 1 aromatic heterocycles. The summed E-state index contributed by atoms with van der Waals surface area (Å²) in [4.78, 5) is 18.3. The minimum Gasteiger partial charge on any atom is -0.325 e. The molecule has 0 unspecified atom stereocenters. The van der Waals surface area contributed by atoms with E-state index in [1.54, 1.807) is 18.0 Å². The lowest BCUT2D eigenvalue weighted by molar-refractivity contribution is -0.128. The van der Waals surface area contributed by atoms with Crippen LogP contribution in [0.25, 0.3) is 0 Å². The average molecular weight is 319 g/mol. The molecule has 0 spiro atoms.